The maximum Gasteiger partial charge on any atom is 0.0904 e. The first-order valence-electron chi connectivity index (χ1n) is 5.93. The Morgan fingerprint density at radius 1 is 1.29 bits per heavy atom. The summed E-state index contributed by atoms with van der Waals surface area (Å²) in [6.45, 7) is 5.36. The van der Waals surface area contributed by atoms with Gasteiger partial charge in [-0.2, -0.15) is 0 Å². The molecule has 2 heterocycles. The highest BCUT2D eigenvalue weighted by molar-refractivity contribution is 7.11. The van der Waals surface area contributed by atoms with E-state index in [1.165, 1.54) is 21.7 Å². The first kappa shape index (κ1) is 10.8. The van der Waals surface area contributed by atoms with Crippen LogP contribution >= 0.6 is 11.3 Å². The number of rotatable bonds is 1. The summed E-state index contributed by atoms with van der Waals surface area (Å²) in [6, 6.07) is 6.73. The molecular formula is C14H16N2S. The molecule has 2 nitrogen and oxygen atoms in total. The highest BCUT2D eigenvalue weighted by Crippen LogP contribution is 2.33. The van der Waals surface area contributed by atoms with E-state index in [0.717, 1.165) is 23.7 Å². The molecule has 0 bridgehead atoms. The fourth-order valence-electron chi connectivity index (χ4n) is 2.51. The Bertz CT molecular complexity index is 572. The van der Waals surface area contributed by atoms with Gasteiger partial charge >= 0.3 is 0 Å². The lowest BCUT2D eigenvalue weighted by Gasteiger charge is -2.11. The van der Waals surface area contributed by atoms with Crippen LogP contribution in [0.5, 0.6) is 0 Å². The van der Waals surface area contributed by atoms with Gasteiger partial charge in [-0.25, -0.2) is 4.98 Å². The molecule has 0 N–H and O–H groups in total. The summed E-state index contributed by atoms with van der Waals surface area (Å²) >= 11 is 1.78. The Kier molecular flexibility index (Phi) is 2.44. The number of anilines is 1. The number of fused-ring (bicyclic) bond motifs is 1. The molecule has 1 aliphatic heterocycles. The molecule has 0 unspecified atom stereocenters. The zero-order valence-electron chi connectivity index (χ0n) is 10.4. The third-order valence-electron chi connectivity index (χ3n) is 3.38. The molecule has 17 heavy (non-hydrogen) atoms. The maximum absolute atomic E-state index is 4.63. The third-order valence-corrected chi connectivity index (χ3v) is 4.27. The van der Waals surface area contributed by atoms with Gasteiger partial charge < -0.3 is 4.90 Å². The topological polar surface area (TPSA) is 16.1 Å². The average molecular weight is 244 g/mol. The lowest BCUT2D eigenvalue weighted by molar-refractivity contribution is 0.956. The molecule has 1 aromatic heterocycles. The Hall–Kier alpha value is -1.35. The molecule has 0 aliphatic carbocycles. The molecular weight excluding hydrogens is 228 g/mol. The predicted molar refractivity (Wildman–Crippen MR) is 74.0 cm³/mol. The molecule has 2 aromatic rings. The number of benzene rings is 1. The monoisotopic (exact) mass is 244 g/mol. The van der Waals surface area contributed by atoms with Crippen LogP contribution in [0.1, 0.15) is 15.4 Å². The molecule has 0 saturated heterocycles. The predicted octanol–water partition coefficient (Wildman–Crippen LogP) is 3.42. The van der Waals surface area contributed by atoms with E-state index < -0.39 is 0 Å². The van der Waals surface area contributed by atoms with Gasteiger partial charge in [0.1, 0.15) is 0 Å². The van der Waals surface area contributed by atoms with Crippen molar-refractivity contribution in [2.24, 2.45) is 0 Å². The van der Waals surface area contributed by atoms with E-state index in [1.807, 2.05) is 0 Å². The van der Waals surface area contributed by atoms with Crippen molar-refractivity contribution in [1.82, 2.24) is 4.98 Å². The van der Waals surface area contributed by atoms with Crippen LogP contribution in [0.2, 0.25) is 0 Å². The molecule has 0 amide bonds. The number of aryl methyl sites for hydroxylation is 2. The summed E-state index contributed by atoms with van der Waals surface area (Å²) in [7, 11) is 2.16. The quantitative estimate of drug-likeness (QED) is 0.764. The van der Waals surface area contributed by atoms with Crippen molar-refractivity contribution in [2.45, 2.75) is 20.3 Å². The Morgan fingerprint density at radius 2 is 2.12 bits per heavy atom. The molecule has 1 aromatic carbocycles. The number of likely N-dealkylation sites (N-methyl/N-ethyl adjacent to an activating group) is 1. The van der Waals surface area contributed by atoms with Gasteiger partial charge in [0.15, 0.2) is 0 Å². The minimum atomic E-state index is 1.13. The minimum absolute atomic E-state index is 1.13. The number of hydrogen-bond donors (Lipinski definition) is 0. The second kappa shape index (κ2) is 3.84. The van der Waals surface area contributed by atoms with Crippen molar-refractivity contribution in [3.8, 4) is 11.3 Å². The number of hydrogen-bond acceptors (Lipinski definition) is 3. The largest absolute Gasteiger partial charge is 0.374 e. The molecule has 0 radical (unpaired) electrons. The van der Waals surface area contributed by atoms with Gasteiger partial charge in [0.2, 0.25) is 0 Å². The van der Waals surface area contributed by atoms with E-state index in [-0.39, 0.29) is 0 Å². The third kappa shape index (κ3) is 1.75. The van der Waals surface area contributed by atoms with Crippen molar-refractivity contribution in [3.63, 3.8) is 0 Å². The van der Waals surface area contributed by atoms with Gasteiger partial charge in [-0.15, -0.1) is 11.3 Å². The van der Waals surface area contributed by atoms with Crippen molar-refractivity contribution >= 4 is 17.0 Å². The molecule has 0 atom stereocenters. The van der Waals surface area contributed by atoms with E-state index in [4.69, 9.17) is 0 Å². The van der Waals surface area contributed by atoms with Crippen LogP contribution in [0.15, 0.2) is 18.2 Å². The van der Waals surface area contributed by atoms with Crippen molar-refractivity contribution in [1.29, 1.82) is 0 Å². The zero-order valence-corrected chi connectivity index (χ0v) is 11.3. The highest BCUT2D eigenvalue weighted by atomic mass is 32.1. The Labute approximate surface area is 106 Å². The zero-order chi connectivity index (χ0) is 12.0. The Balaban J connectivity index is 2.08. The maximum atomic E-state index is 4.63. The van der Waals surface area contributed by atoms with Crippen LogP contribution < -0.4 is 4.90 Å². The van der Waals surface area contributed by atoms with Crippen LogP contribution in [0.25, 0.3) is 11.3 Å². The number of aromatic nitrogens is 1. The Morgan fingerprint density at radius 3 is 2.82 bits per heavy atom. The van der Waals surface area contributed by atoms with Gasteiger partial charge in [0.25, 0.3) is 0 Å². The molecule has 0 saturated carbocycles. The van der Waals surface area contributed by atoms with Gasteiger partial charge in [-0.1, -0.05) is 6.07 Å². The molecule has 0 spiro atoms. The summed E-state index contributed by atoms with van der Waals surface area (Å²) in [5, 5.41) is 1.15. The van der Waals surface area contributed by atoms with E-state index in [1.54, 1.807) is 11.3 Å². The second-order valence-corrected chi connectivity index (χ2v) is 6.06. The standard InChI is InChI=1S/C14H16N2S/c1-9-14(15-10(2)17-9)12-4-5-13-11(8-12)6-7-16(13)3/h4-5,8H,6-7H2,1-3H3. The van der Waals surface area contributed by atoms with Crippen molar-refractivity contribution in [2.75, 3.05) is 18.5 Å². The number of nitrogens with zero attached hydrogens (tertiary/aromatic N) is 2. The fourth-order valence-corrected chi connectivity index (χ4v) is 3.35. The van der Waals surface area contributed by atoms with E-state index in [2.05, 4.69) is 49.0 Å². The molecule has 0 fully saturated rings. The van der Waals surface area contributed by atoms with Crippen LogP contribution in [-0.4, -0.2) is 18.6 Å². The summed E-state index contributed by atoms with van der Waals surface area (Å²) in [4.78, 5) is 8.26. The molecule has 3 rings (SSSR count). The van der Waals surface area contributed by atoms with Crippen LogP contribution in [0.4, 0.5) is 5.69 Å². The SMILES string of the molecule is Cc1nc(-c2ccc3c(c2)CCN3C)c(C)s1. The molecule has 88 valence electrons. The van der Waals surface area contributed by atoms with Crippen LogP contribution in [-0.2, 0) is 6.42 Å². The van der Waals surface area contributed by atoms with E-state index >= 15 is 0 Å². The van der Waals surface area contributed by atoms with Crippen molar-refractivity contribution in [3.05, 3.63) is 33.6 Å². The van der Waals surface area contributed by atoms with Crippen LogP contribution in [0.3, 0.4) is 0 Å². The lowest BCUT2D eigenvalue weighted by Crippen LogP contribution is -2.12. The summed E-state index contributed by atoms with van der Waals surface area (Å²) in [6.07, 6.45) is 1.15. The van der Waals surface area contributed by atoms with Crippen molar-refractivity contribution < 1.29 is 0 Å². The van der Waals surface area contributed by atoms with E-state index in [9.17, 15) is 0 Å². The van der Waals surface area contributed by atoms with Gasteiger partial charge in [-0.3, -0.25) is 0 Å². The normalized spacial score (nSPS) is 14.2. The first-order valence-corrected chi connectivity index (χ1v) is 6.75. The summed E-state index contributed by atoms with van der Waals surface area (Å²) in [5.41, 5.74) is 5.25. The lowest BCUT2D eigenvalue weighted by atomic mass is 10.1. The average Bonchev–Trinajstić information content (AvgIpc) is 2.82. The first-order chi connectivity index (χ1) is 8.15. The van der Waals surface area contributed by atoms with Gasteiger partial charge in [0, 0.05) is 29.7 Å². The number of thiazole rings is 1. The molecule has 3 heteroatoms. The molecule has 1 aliphatic rings. The second-order valence-electron chi connectivity index (χ2n) is 4.65. The smallest absolute Gasteiger partial charge is 0.0904 e. The van der Waals surface area contributed by atoms with E-state index in [0.29, 0.717) is 0 Å². The summed E-state index contributed by atoms with van der Waals surface area (Å²) < 4.78 is 0. The van der Waals surface area contributed by atoms with Gasteiger partial charge in [0.05, 0.1) is 10.7 Å². The minimum Gasteiger partial charge on any atom is -0.374 e. The van der Waals surface area contributed by atoms with Gasteiger partial charge in [-0.05, 0) is 38.0 Å². The highest BCUT2D eigenvalue weighted by Gasteiger charge is 2.17. The van der Waals surface area contributed by atoms with Crippen LogP contribution in [0, 0.1) is 13.8 Å². The fraction of sp³-hybridized carbons (Fsp3) is 0.357. The summed E-state index contributed by atoms with van der Waals surface area (Å²) in [5.74, 6) is 0.